The monoisotopic (exact) mass is 255 g/mol. The van der Waals surface area contributed by atoms with Crippen molar-refractivity contribution in [2.45, 2.75) is 0 Å². The fraction of sp³-hybridized carbons (Fsp3) is 0. The molecular formula is C13H9N3O3. The van der Waals surface area contributed by atoms with E-state index in [4.69, 9.17) is 4.74 Å². The lowest BCUT2D eigenvalue weighted by Gasteiger charge is -2.05. The van der Waals surface area contributed by atoms with Crippen molar-refractivity contribution in [1.29, 1.82) is 0 Å². The molecule has 3 rings (SSSR count). The summed E-state index contributed by atoms with van der Waals surface area (Å²) in [7, 11) is 0. The number of hydrogen-bond donors (Lipinski definition) is 1. The fourth-order valence-electron chi connectivity index (χ4n) is 1.75. The third-order valence-electron chi connectivity index (χ3n) is 2.70. The molecule has 0 saturated heterocycles. The average molecular weight is 255 g/mol. The van der Waals surface area contributed by atoms with Crippen molar-refractivity contribution >= 4 is 16.6 Å². The first-order valence-electron chi connectivity index (χ1n) is 5.58. The quantitative estimate of drug-likeness (QED) is 0.575. The van der Waals surface area contributed by atoms with Crippen molar-refractivity contribution in [2.75, 3.05) is 0 Å². The van der Waals surface area contributed by atoms with Crippen molar-refractivity contribution in [3.63, 3.8) is 0 Å². The van der Waals surface area contributed by atoms with Gasteiger partial charge in [-0.25, -0.2) is 0 Å². The normalized spacial score (nSPS) is 10.5. The molecule has 0 atom stereocenters. The van der Waals surface area contributed by atoms with Gasteiger partial charge in [0, 0.05) is 23.6 Å². The highest BCUT2D eigenvalue weighted by molar-refractivity contribution is 5.79. The van der Waals surface area contributed by atoms with Crippen LogP contribution in [0.5, 0.6) is 11.5 Å². The van der Waals surface area contributed by atoms with Crippen molar-refractivity contribution in [1.82, 2.24) is 10.2 Å². The molecule has 0 saturated carbocycles. The van der Waals surface area contributed by atoms with Crippen LogP contribution in [0.1, 0.15) is 0 Å². The van der Waals surface area contributed by atoms with Crippen LogP contribution in [0.4, 0.5) is 5.69 Å². The van der Waals surface area contributed by atoms with Crippen molar-refractivity contribution in [2.24, 2.45) is 0 Å². The predicted octanol–water partition coefficient (Wildman–Crippen LogP) is 3.26. The number of aromatic amines is 1. The van der Waals surface area contributed by atoms with E-state index < -0.39 is 4.92 Å². The molecule has 0 aliphatic heterocycles. The number of non-ortho nitro benzene ring substituents is 1. The zero-order chi connectivity index (χ0) is 13.2. The number of nitrogens with one attached hydrogen (secondary N) is 1. The van der Waals surface area contributed by atoms with Crippen molar-refractivity contribution < 1.29 is 9.66 Å². The minimum Gasteiger partial charge on any atom is -0.457 e. The van der Waals surface area contributed by atoms with Crippen LogP contribution in [0.2, 0.25) is 0 Å². The molecule has 0 spiro atoms. The highest BCUT2D eigenvalue weighted by atomic mass is 16.6. The van der Waals surface area contributed by atoms with Gasteiger partial charge >= 0.3 is 0 Å². The van der Waals surface area contributed by atoms with E-state index in [-0.39, 0.29) is 5.69 Å². The molecule has 3 aromatic rings. The van der Waals surface area contributed by atoms with Gasteiger partial charge in [-0.15, -0.1) is 0 Å². The van der Waals surface area contributed by atoms with Gasteiger partial charge in [0.2, 0.25) is 0 Å². The summed E-state index contributed by atoms with van der Waals surface area (Å²) in [6, 6.07) is 11.5. The van der Waals surface area contributed by atoms with E-state index in [1.54, 1.807) is 18.3 Å². The average Bonchev–Trinajstić information content (AvgIpc) is 2.87. The van der Waals surface area contributed by atoms with Crippen molar-refractivity contribution in [3.8, 4) is 11.5 Å². The Labute approximate surface area is 107 Å². The van der Waals surface area contributed by atoms with E-state index in [2.05, 4.69) is 10.2 Å². The molecule has 0 aliphatic carbocycles. The second-order valence-electron chi connectivity index (χ2n) is 3.97. The number of nitro groups is 1. The summed E-state index contributed by atoms with van der Waals surface area (Å²) in [6.45, 7) is 0. The van der Waals surface area contributed by atoms with Crippen LogP contribution in [0, 0.1) is 10.1 Å². The van der Waals surface area contributed by atoms with Gasteiger partial charge in [-0.3, -0.25) is 15.2 Å². The lowest BCUT2D eigenvalue weighted by molar-refractivity contribution is -0.384. The van der Waals surface area contributed by atoms with Gasteiger partial charge in [0.1, 0.15) is 11.5 Å². The molecule has 6 nitrogen and oxygen atoms in total. The molecule has 1 N–H and O–H groups in total. The van der Waals surface area contributed by atoms with Crippen LogP contribution in [0.15, 0.2) is 48.7 Å². The van der Waals surface area contributed by atoms with Gasteiger partial charge < -0.3 is 4.74 Å². The van der Waals surface area contributed by atoms with E-state index in [1.807, 2.05) is 18.2 Å². The van der Waals surface area contributed by atoms with E-state index in [0.717, 1.165) is 10.9 Å². The highest BCUT2D eigenvalue weighted by Gasteiger charge is 2.05. The minimum absolute atomic E-state index is 0.0383. The Morgan fingerprint density at radius 1 is 1.11 bits per heavy atom. The smallest absolute Gasteiger partial charge is 0.269 e. The summed E-state index contributed by atoms with van der Waals surface area (Å²) in [4.78, 5) is 10.1. The van der Waals surface area contributed by atoms with E-state index in [1.165, 1.54) is 12.1 Å². The Morgan fingerprint density at radius 2 is 1.84 bits per heavy atom. The molecule has 6 heteroatoms. The van der Waals surface area contributed by atoms with E-state index in [0.29, 0.717) is 11.5 Å². The molecule has 0 amide bonds. The Hall–Kier alpha value is -2.89. The van der Waals surface area contributed by atoms with Crippen LogP contribution < -0.4 is 4.74 Å². The number of hydrogen-bond acceptors (Lipinski definition) is 4. The molecule has 0 fully saturated rings. The van der Waals surface area contributed by atoms with Crippen LogP contribution in [0.25, 0.3) is 10.9 Å². The number of H-pyrrole nitrogens is 1. The maximum absolute atomic E-state index is 10.5. The standard InChI is InChI=1S/C13H9N3O3/c17-16(18)10-2-5-11(6-3-10)19-12-4-1-9-8-14-15-13(9)7-12/h1-8H,(H,14,15). The Balaban J connectivity index is 1.85. The Kier molecular flexibility index (Phi) is 2.60. The number of fused-ring (bicyclic) bond motifs is 1. The summed E-state index contributed by atoms with van der Waals surface area (Å²) in [5, 5.41) is 18.3. The topological polar surface area (TPSA) is 81.1 Å². The fourth-order valence-corrected chi connectivity index (χ4v) is 1.75. The van der Waals surface area contributed by atoms with Gasteiger partial charge in [-0.2, -0.15) is 5.10 Å². The van der Waals surface area contributed by atoms with E-state index >= 15 is 0 Å². The van der Waals surface area contributed by atoms with E-state index in [9.17, 15) is 10.1 Å². The van der Waals surface area contributed by atoms with Gasteiger partial charge in [0.05, 0.1) is 16.6 Å². The van der Waals surface area contributed by atoms with Crippen molar-refractivity contribution in [3.05, 3.63) is 58.8 Å². The number of benzene rings is 2. The number of nitrogens with zero attached hydrogens (tertiary/aromatic N) is 2. The van der Waals surface area contributed by atoms with Crippen LogP contribution >= 0.6 is 0 Å². The summed E-state index contributed by atoms with van der Waals surface area (Å²) in [5.74, 6) is 1.19. The number of aromatic nitrogens is 2. The molecule has 0 aliphatic rings. The largest absolute Gasteiger partial charge is 0.457 e. The zero-order valence-electron chi connectivity index (χ0n) is 9.74. The van der Waals surface area contributed by atoms with Crippen LogP contribution in [0.3, 0.4) is 0 Å². The second-order valence-corrected chi connectivity index (χ2v) is 3.97. The van der Waals surface area contributed by atoms with Gasteiger partial charge in [0.15, 0.2) is 0 Å². The molecule has 1 heterocycles. The lowest BCUT2D eigenvalue weighted by atomic mass is 10.2. The maximum Gasteiger partial charge on any atom is 0.269 e. The molecule has 0 unspecified atom stereocenters. The third-order valence-corrected chi connectivity index (χ3v) is 2.70. The minimum atomic E-state index is -0.444. The second kappa shape index (κ2) is 4.41. The number of ether oxygens (including phenoxy) is 1. The van der Waals surface area contributed by atoms with Gasteiger partial charge in [0.25, 0.3) is 5.69 Å². The number of rotatable bonds is 3. The van der Waals surface area contributed by atoms with Crippen LogP contribution in [-0.2, 0) is 0 Å². The summed E-state index contributed by atoms with van der Waals surface area (Å²) in [6.07, 6.45) is 1.73. The first-order chi connectivity index (χ1) is 9.22. The van der Waals surface area contributed by atoms with Crippen LogP contribution in [-0.4, -0.2) is 15.1 Å². The molecular weight excluding hydrogens is 246 g/mol. The molecule has 94 valence electrons. The molecule has 1 aromatic heterocycles. The molecule has 0 radical (unpaired) electrons. The first kappa shape index (κ1) is 11.2. The first-order valence-corrected chi connectivity index (χ1v) is 5.58. The predicted molar refractivity (Wildman–Crippen MR) is 69.3 cm³/mol. The summed E-state index contributed by atoms with van der Waals surface area (Å²) in [5.41, 5.74) is 0.913. The van der Waals surface area contributed by atoms with Gasteiger partial charge in [-0.05, 0) is 24.3 Å². The third kappa shape index (κ3) is 2.23. The maximum atomic E-state index is 10.5. The molecule has 19 heavy (non-hydrogen) atoms. The molecule has 0 bridgehead atoms. The zero-order valence-corrected chi connectivity index (χ0v) is 9.74. The Bertz CT molecular complexity index is 734. The van der Waals surface area contributed by atoms with Gasteiger partial charge in [-0.1, -0.05) is 0 Å². The SMILES string of the molecule is O=[N+]([O-])c1ccc(Oc2ccc3cn[nH]c3c2)cc1. The number of nitro benzene ring substituents is 1. The summed E-state index contributed by atoms with van der Waals surface area (Å²) >= 11 is 0. The lowest BCUT2D eigenvalue weighted by Crippen LogP contribution is -1.88. The summed E-state index contributed by atoms with van der Waals surface area (Å²) < 4.78 is 5.62. The Morgan fingerprint density at radius 3 is 2.58 bits per heavy atom. The highest BCUT2D eigenvalue weighted by Crippen LogP contribution is 2.26. The molecule has 2 aromatic carbocycles.